The van der Waals surface area contributed by atoms with E-state index < -0.39 is 0 Å². The van der Waals surface area contributed by atoms with Crippen LogP contribution in [0, 0.1) is 5.92 Å². The van der Waals surface area contributed by atoms with E-state index in [1.807, 2.05) is 12.1 Å². The average Bonchev–Trinajstić information content (AvgIpc) is 2.80. The Kier molecular flexibility index (Phi) is 7.00. The maximum Gasteiger partial charge on any atom is 0.253 e. The Bertz CT molecular complexity index is 946. The van der Waals surface area contributed by atoms with Crippen LogP contribution in [0.1, 0.15) is 23.2 Å². The third-order valence-electron chi connectivity index (χ3n) is 5.74. The number of nitrogens with one attached hydrogen (secondary N) is 1. The third kappa shape index (κ3) is 5.32. The van der Waals surface area contributed by atoms with E-state index in [0.717, 1.165) is 31.6 Å². The Morgan fingerprint density at radius 2 is 1.68 bits per heavy atom. The van der Waals surface area contributed by atoms with Crippen LogP contribution in [-0.2, 0) is 9.53 Å². The molecule has 2 heterocycles. The molecular weight excluding hydrogens is 437 g/mol. The first-order valence-electron chi connectivity index (χ1n) is 10.5. The quantitative estimate of drug-likeness (QED) is 0.736. The summed E-state index contributed by atoms with van der Waals surface area (Å²) in [5.74, 6) is -0.446. The van der Waals surface area contributed by atoms with E-state index in [1.165, 1.54) is 0 Å². The SMILES string of the molecule is O=C(Nc1cc(Cl)ccc1N1CCOCC1)C1CCCN(C(=O)c2ccc(Cl)cc2)C1. The summed E-state index contributed by atoms with van der Waals surface area (Å²) in [4.78, 5) is 29.9. The number of carbonyl (C=O) groups is 2. The number of anilines is 2. The molecule has 0 bridgehead atoms. The molecule has 8 heteroatoms. The number of hydrogen-bond acceptors (Lipinski definition) is 4. The monoisotopic (exact) mass is 461 g/mol. The molecule has 31 heavy (non-hydrogen) atoms. The van der Waals surface area contributed by atoms with Gasteiger partial charge in [-0.2, -0.15) is 0 Å². The lowest BCUT2D eigenvalue weighted by atomic mass is 9.96. The van der Waals surface area contributed by atoms with Gasteiger partial charge >= 0.3 is 0 Å². The predicted molar refractivity (Wildman–Crippen MR) is 123 cm³/mol. The summed E-state index contributed by atoms with van der Waals surface area (Å²) in [6, 6.07) is 12.4. The molecule has 1 atom stereocenters. The van der Waals surface area contributed by atoms with Crippen LogP contribution in [0.25, 0.3) is 0 Å². The minimum Gasteiger partial charge on any atom is -0.378 e. The van der Waals surface area contributed by atoms with Crippen molar-refractivity contribution in [1.82, 2.24) is 4.90 Å². The first kappa shape index (κ1) is 21.9. The second kappa shape index (κ2) is 9.90. The maximum absolute atomic E-state index is 13.1. The van der Waals surface area contributed by atoms with Gasteiger partial charge in [-0.3, -0.25) is 9.59 Å². The fourth-order valence-electron chi connectivity index (χ4n) is 4.07. The van der Waals surface area contributed by atoms with E-state index in [9.17, 15) is 9.59 Å². The molecule has 0 saturated carbocycles. The first-order chi connectivity index (χ1) is 15.0. The molecule has 2 saturated heterocycles. The maximum atomic E-state index is 13.1. The molecule has 2 aliphatic rings. The van der Waals surface area contributed by atoms with Crippen LogP contribution >= 0.6 is 23.2 Å². The summed E-state index contributed by atoms with van der Waals surface area (Å²) < 4.78 is 5.44. The van der Waals surface area contributed by atoms with Crippen LogP contribution in [-0.4, -0.2) is 56.1 Å². The Hall–Kier alpha value is -2.28. The number of nitrogens with zero attached hydrogens (tertiary/aromatic N) is 2. The highest BCUT2D eigenvalue weighted by molar-refractivity contribution is 6.31. The number of carbonyl (C=O) groups excluding carboxylic acids is 2. The van der Waals surface area contributed by atoms with Crippen molar-refractivity contribution in [3.8, 4) is 0 Å². The second-order valence-corrected chi connectivity index (χ2v) is 8.72. The number of likely N-dealkylation sites (tertiary alicyclic amines) is 1. The molecule has 2 aromatic carbocycles. The minimum absolute atomic E-state index is 0.0778. The summed E-state index contributed by atoms with van der Waals surface area (Å²) in [5.41, 5.74) is 2.21. The van der Waals surface area contributed by atoms with Crippen LogP contribution in [0.4, 0.5) is 11.4 Å². The van der Waals surface area contributed by atoms with Crippen molar-refractivity contribution in [2.75, 3.05) is 49.6 Å². The molecule has 2 aliphatic heterocycles. The normalized spacial score (nSPS) is 19.2. The summed E-state index contributed by atoms with van der Waals surface area (Å²) >= 11 is 12.1. The van der Waals surface area contributed by atoms with Crippen molar-refractivity contribution in [2.24, 2.45) is 5.92 Å². The van der Waals surface area contributed by atoms with Gasteiger partial charge in [-0.25, -0.2) is 0 Å². The van der Waals surface area contributed by atoms with Gasteiger partial charge < -0.3 is 19.9 Å². The summed E-state index contributed by atoms with van der Waals surface area (Å²) in [5, 5.41) is 4.22. The Morgan fingerprint density at radius 1 is 0.968 bits per heavy atom. The summed E-state index contributed by atoms with van der Waals surface area (Å²) in [6.45, 7) is 3.86. The van der Waals surface area contributed by atoms with Gasteiger partial charge in [-0.1, -0.05) is 23.2 Å². The molecule has 0 radical (unpaired) electrons. The minimum atomic E-state index is -0.276. The fraction of sp³-hybridized carbons (Fsp3) is 0.391. The molecule has 2 aromatic rings. The van der Waals surface area contributed by atoms with Crippen molar-refractivity contribution < 1.29 is 14.3 Å². The lowest BCUT2D eigenvalue weighted by Gasteiger charge is -2.33. The van der Waals surface area contributed by atoms with Gasteiger partial charge in [0, 0.05) is 41.8 Å². The van der Waals surface area contributed by atoms with E-state index >= 15 is 0 Å². The van der Waals surface area contributed by atoms with Crippen LogP contribution in [0.2, 0.25) is 10.0 Å². The first-order valence-corrected chi connectivity index (χ1v) is 11.2. The Balaban J connectivity index is 1.45. The number of halogens is 2. The van der Waals surface area contributed by atoms with Gasteiger partial charge in [0.25, 0.3) is 5.91 Å². The molecule has 0 aliphatic carbocycles. The number of rotatable bonds is 4. The number of piperidine rings is 1. The highest BCUT2D eigenvalue weighted by Crippen LogP contribution is 2.31. The fourth-order valence-corrected chi connectivity index (χ4v) is 4.37. The smallest absolute Gasteiger partial charge is 0.253 e. The standard InChI is InChI=1S/C23H25Cl2N3O3/c24-18-5-3-16(4-6-18)23(30)28-9-1-2-17(15-28)22(29)26-20-14-19(25)7-8-21(20)27-10-12-31-13-11-27/h3-8,14,17H,1-2,9-13,15H2,(H,26,29). The van der Waals surface area contributed by atoms with Gasteiger partial charge in [-0.15, -0.1) is 0 Å². The van der Waals surface area contributed by atoms with Crippen molar-refractivity contribution in [1.29, 1.82) is 0 Å². The number of ether oxygens (including phenoxy) is 1. The molecule has 2 fully saturated rings. The summed E-state index contributed by atoms with van der Waals surface area (Å²) in [7, 11) is 0. The highest BCUT2D eigenvalue weighted by Gasteiger charge is 2.29. The number of benzene rings is 2. The lowest BCUT2D eigenvalue weighted by Crippen LogP contribution is -2.44. The van der Waals surface area contributed by atoms with Crippen molar-refractivity contribution >= 4 is 46.4 Å². The van der Waals surface area contributed by atoms with Crippen molar-refractivity contribution in [3.63, 3.8) is 0 Å². The van der Waals surface area contributed by atoms with E-state index in [4.69, 9.17) is 27.9 Å². The van der Waals surface area contributed by atoms with Crippen molar-refractivity contribution in [3.05, 3.63) is 58.1 Å². The van der Waals surface area contributed by atoms with Gasteiger partial charge in [-0.05, 0) is 55.3 Å². The van der Waals surface area contributed by atoms with E-state index in [0.29, 0.717) is 47.6 Å². The topological polar surface area (TPSA) is 61.9 Å². The van der Waals surface area contributed by atoms with E-state index in [2.05, 4.69) is 10.2 Å². The van der Waals surface area contributed by atoms with Gasteiger partial charge in [0.1, 0.15) is 0 Å². The molecule has 0 aromatic heterocycles. The zero-order valence-corrected chi connectivity index (χ0v) is 18.7. The molecule has 1 unspecified atom stereocenters. The highest BCUT2D eigenvalue weighted by atomic mass is 35.5. The molecule has 1 N–H and O–H groups in total. The van der Waals surface area contributed by atoms with Gasteiger partial charge in [0.15, 0.2) is 0 Å². The van der Waals surface area contributed by atoms with Crippen LogP contribution in [0.15, 0.2) is 42.5 Å². The third-order valence-corrected chi connectivity index (χ3v) is 6.23. The molecule has 164 valence electrons. The molecular formula is C23H25Cl2N3O3. The van der Waals surface area contributed by atoms with E-state index in [1.54, 1.807) is 35.2 Å². The zero-order valence-electron chi connectivity index (χ0n) is 17.2. The Morgan fingerprint density at radius 3 is 2.42 bits per heavy atom. The predicted octanol–water partition coefficient (Wildman–Crippen LogP) is 4.32. The molecule has 4 rings (SSSR count). The average molecular weight is 462 g/mol. The molecule has 6 nitrogen and oxygen atoms in total. The lowest BCUT2D eigenvalue weighted by molar-refractivity contribution is -0.121. The summed E-state index contributed by atoms with van der Waals surface area (Å²) in [6.07, 6.45) is 1.52. The largest absolute Gasteiger partial charge is 0.378 e. The molecule has 2 amide bonds. The van der Waals surface area contributed by atoms with Crippen LogP contribution < -0.4 is 10.2 Å². The second-order valence-electron chi connectivity index (χ2n) is 7.85. The van der Waals surface area contributed by atoms with Gasteiger partial charge in [0.05, 0.1) is 30.5 Å². The Labute approximate surface area is 192 Å². The molecule has 0 spiro atoms. The zero-order chi connectivity index (χ0) is 21.8. The van der Waals surface area contributed by atoms with Gasteiger partial charge in [0.2, 0.25) is 5.91 Å². The van der Waals surface area contributed by atoms with Crippen molar-refractivity contribution in [2.45, 2.75) is 12.8 Å². The number of amides is 2. The number of hydrogen-bond donors (Lipinski definition) is 1. The number of morpholine rings is 1. The van der Waals surface area contributed by atoms with E-state index in [-0.39, 0.29) is 17.7 Å². The van der Waals surface area contributed by atoms with Crippen LogP contribution in [0.3, 0.4) is 0 Å². The van der Waals surface area contributed by atoms with Crippen LogP contribution in [0.5, 0.6) is 0 Å².